The minimum Gasteiger partial charge on any atom is -0.454 e. The Kier molecular flexibility index (Phi) is 4.02. The van der Waals surface area contributed by atoms with Gasteiger partial charge in [-0.3, -0.25) is 9.59 Å². The summed E-state index contributed by atoms with van der Waals surface area (Å²) in [4.78, 5) is 23.8. The van der Waals surface area contributed by atoms with Crippen molar-refractivity contribution in [2.75, 3.05) is 0 Å². The smallest absolute Gasteiger partial charge is 0.303 e. The zero-order valence-corrected chi connectivity index (χ0v) is 16.5. The molecule has 0 aromatic carbocycles. The fourth-order valence-corrected chi connectivity index (χ4v) is 7.39. The fraction of sp³-hybridized carbons (Fsp3) is 0.739. The summed E-state index contributed by atoms with van der Waals surface area (Å²) in [6.45, 7) is 10.3. The molecule has 0 aliphatic heterocycles. The Morgan fingerprint density at radius 3 is 2.58 bits per heavy atom. The van der Waals surface area contributed by atoms with Crippen molar-refractivity contribution >= 4 is 11.8 Å². The van der Waals surface area contributed by atoms with Crippen LogP contribution in [0.2, 0.25) is 0 Å². The Morgan fingerprint density at radius 1 is 1.15 bits per heavy atom. The van der Waals surface area contributed by atoms with Gasteiger partial charge in [0.05, 0.1) is 0 Å². The van der Waals surface area contributed by atoms with Crippen LogP contribution in [0.3, 0.4) is 0 Å². The number of esters is 1. The van der Waals surface area contributed by atoms with Crippen molar-refractivity contribution in [3.63, 3.8) is 0 Å². The molecule has 4 aliphatic carbocycles. The third-order valence-corrected chi connectivity index (χ3v) is 8.80. The van der Waals surface area contributed by atoms with Gasteiger partial charge in [0.2, 0.25) is 0 Å². The van der Waals surface area contributed by atoms with Gasteiger partial charge in [0.15, 0.2) is 5.78 Å². The third-order valence-electron chi connectivity index (χ3n) is 8.80. The molecule has 6 atom stereocenters. The number of hydrogen-bond donors (Lipinski definition) is 0. The van der Waals surface area contributed by atoms with E-state index in [2.05, 4.69) is 20.4 Å². The van der Waals surface area contributed by atoms with Crippen LogP contribution in [-0.2, 0) is 14.3 Å². The molecule has 3 saturated carbocycles. The molecule has 0 spiro atoms. The molecular formula is C23H32O3. The molecule has 26 heavy (non-hydrogen) atoms. The first kappa shape index (κ1) is 18.0. The van der Waals surface area contributed by atoms with Crippen LogP contribution >= 0.6 is 0 Å². The van der Waals surface area contributed by atoms with Gasteiger partial charge in [0.25, 0.3) is 0 Å². The number of ketones is 1. The lowest BCUT2D eigenvalue weighted by molar-refractivity contribution is -0.171. The van der Waals surface area contributed by atoms with Crippen molar-refractivity contribution in [1.29, 1.82) is 0 Å². The van der Waals surface area contributed by atoms with E-state index in [9.17, 15) is 9.59 Å². The Hall–Kier alpha value is -1.38. The fourth-order valence-electron chi connectivity index (χ4n) is 7.39. The standard InChI is InChI=1S/C23H32O3/c1-5-23(26-15(2)24)13-10-20-18-7-6-16-14-17(25)8-11-21(16,3)19(18)9-12-22(20,23)4/h5,14,18-20H,1,6-13H2,2-4H3/t18-,19+,20-,21+,22-,23+/m1/s1. The van der Waals surface area contributed by atoms with Gasteiger partial charge in [-0.1, -0.05) is 26.0 Å². The Morgan fingerprint density at radius 2 is 1.88 bits per heavy atom. The van der Waals surface area contributed by atoms with Crippen molar-refractivity contribution in [3.05, 3.63) is 24.3 Å². The van der Waals surface area contributed by atoms with E-state index in [-0.39, 0.29) is 16.8 Å². The molecule has 142 valence electrons. The van der Waals surface area contributed by atoms with Gasteiger partial charge in [-0.15, -0.1) is 0 Å². The average Bonchev–Trinajstić information content (AvgIpc) is 2.88. The first-order valence-corrected chi connectivity index (χ1v) is 10.3. The summed E-state index contributed by atoms with van der Waals surface area (Å²) >= 11 is 0. The molecule has 0 radical (unpaired) electrons. The number of rotatable bonds is 2. The maximum atomic E-state index is 11.9. The van der Waals surface area contributed by atoms with E-state index in [1.165, 1.54) is 18.9 Å². The molecule has 0 aromatic heterocycles. The SMILES string of the molecule is C=C[C@]1(OC(C)=O)CC[C@@H]2[C@@H]3CCC4=CC(=O)CC[C@]4(C)[C@H]3CC[C@]21C. The van der Waals surface area contributed by atoms with E-state index in [1.54, 1.807) is 0 Å². The molecule has 0 N–H and O–H groups in total. The first-order valence-electron chi connectivity index (χ1n) is 10.3. The molecular weight excluding hydrogens is 324 g/mol. The monoisotopic (exact) mass is 356 g/mol. The highest BCUT2D eigenvalue weighted by molar-refractivity contribution is 5.91. The molecule has 0 unspecified atom stereocenters. The molecule has 0 heterocycles. The van der Waals surface area contributed by atoms with E-state index < -0.39 is 5.60 Å². The van der Waals surface area contributed by atoms with Crippen LogP contribution in [0.4, 0.5) is 0 Å². The van der Waals surface area contributed by atoms with Crippen LogP contribution in [0.5, 0.6) is 0 Å². The first-order chi connectivity index (χ1) is 12.3. The molecule has 3 fully saturated rings. The lowest BCUT2D eigenvalue weighted by atomic mass is 9.46. The molecule has 4 aliphatic rings. The van der Waals surface area contributed by atoms with Crippen molar-refractivity contribution < 1.29 is 14.3 Å². The van der Waals surface area contributed by atoms with Crippen molar-refractivity contribution in [3.8, 4) is 0 Å². The Bertz CT molecular complexity index is 692. The largest absolute Gasteiger partial charge is 0.454 e. The minimum atomic E-state index is -0.506. The van der Waals surface area contributed by atoms with Crippen LogP contribution in [0.25, 0.3) is 0 Å². The van der Waals surface area contributed by atoms with E-state index in [0.29, 0.717) is 30.0 Å². The van der Waals surface area contributed by atoms with Crippen molar-refractivity contribution in [1.82, 2.24) is 0 Å². The molecule has 0 amide bonds. The number of carbonyl (C=O) groups excluding carboxylic acids is 2. The summed E-state index contributed by atoms with van der Waals surface area (Å²) in [7, 11) is 0. The second-order valence-electron chi connectivity index (χ2n) is 9.65. The van der Waals surface area contributed by atoms with E-state index in [0.717, 1.165) is 38.5 Å². The van der Waals surface area contributed by atoms with Gasteiger partial charge in [-0.25, -0.2) is 0 Å². The summed E-state index contributed by atoms with van der Waals surface area (Å²) < 4.78 is 5.93. The van der Waals surface area contributed by atoms with Gasteiger partial charge >= 0.3 is 5.97 Å². The van der Waals surface area contributed by atoms with Crippen molar-refractivity contribution in [2.24, 2.45) is 28.6 Å². The predicted octanol–water partition coefficient (Wildman–Crippen LogP) is 5.01. The zero-order valence-electron chi connectivity index (χ0n) is 16.5. The topological polar surface area (TPSA) is 43.4 Å². The van der Waals surface area contributed by atoms with Crippen LogP contribution in [-0.4, -0.2) is 17.4 Å². The van der Waals surface area contributed by atoms with Crippen LogP contribution in [0, 0.1) is 28.6 Å². The second-order valence-corrected chi connectivity index (χ2v) is 9.65. The Labute approximate surface area is 157 Å². The number of hydrogen-bond acceptors (Lipinski definition) is 3. The lowest BCUT2D eigenvalue weighted by Crippen LogP contribution is -2.55. The van der Waals surface area contributed by atoms with Gasteiger partial charge in [-0.05, 0) is 80.3 Å². The highest BCUT2D eigenvalue weighted by atomic mass is 16.6. The predicted molar refractivity (Wildman–Crippen MR) is 101 cm³/mol. The molecule has 4 rings (SSSR count). The molecule has 3 heteroatoms. The number of carbonyl (C=O) groups is 2. The van der Waals surface area contributed by atoms with Gasteiger partial charge in [0.1, 0.15) is 5.60 Å². The van der Waals surface area contributed by atoms with Crippen molar-refractivity contribution in [2.45, 2.75) is 77.7 Å². The van der Waals surface area contributed by atoms with Gasteiger partial charge in [0, 0.05) is 18.8 Å². The Balaban J connectivity index is 1.68. The highest BCUT2D eigenvalue weighted by Gasteiger charge is 2.64. The van der Waals surface area contributed by atoms with E-state index in [4.69, 9.17) is 4.74 Å². The number of ether oxygens (including phenoxy) is 1. The summed E-state index contributed by atoms with van der Waals surface area (Å²) in [6, 6.07) is 0. The summed E-state index contributed by atoms with van der Waals surface area (Å²) in [5, 5.41) is 0. The van der Waals surface area contributed by atoms with Gasteiger partial charge < -0.3 is 4.74 Å². The molecule has 0 bridgehead atoms. The van der Waals surface area contributed by atoms with Crippen LogP contribution < -0.4 is 0 Å². The lowest BCUT2D eigenvalue weighted by Gasteiger charge is -2.59. The highest BCUT2D eigenvalue weighted by Crippen LogP contribution is 2.68. The van der Waals surface area contributed by atoms with Crippen LogP contribution in [0.15, 0.2) is 24.3 Å². The van der Waals surface area contributed by atoms with E-state index >= 15 is 0 Å². The normalized spacial score (nSPS) is 47.3. The number of fused-ring (bicyclic) bond motifs is 5. The van der Waals surface area contributed by atoms with E-state index in [1.807, 2.05) is 12.2 Å². The third kappa shape index (κ3) is 2.25. The summed E-state index contributed by atoms with van der Waals surface area (Å²) in [5.41, 5.74) is 1.09. The molecule has 0 aromatic rings. The quantitative estimate of drug-likeness (QED) is 0.516. The summed E-state index contributed by atoms with van der Waals surface area (Å²) in [6.07, 6.45) is 12.1. The van der Waals surface area contributed by atoms with Crippen LogP contribution in [0.1, 0.15) is 72.1 Å². The molecule has 3 nitrogen and oxygen atoms in total. The maximum absolute atomic E-state index is 11.9. The van der Waals surface area contributed by atoms with Gasteiger partial charge in [-0.2, -0.15) is 0 Å². The average molecular weight is 357 g/mol. The second kappa shape index (κ2) is 5.81. The zero-order chi connectivity index (χ0) is 18.7. The maximum Gasteiger partial charge on any atom is 0.303 e. The summed E-state index contributed by atoms with van der Waals surface area (Å²) in [5.74, 6) is 2.03. The minimum absolute atomic E-state index is 0.0103. The molecule has 0 saturated heterocycles. The number of allylic oxidation sites excluding steroid dienone is 1.